The number of halogens is 1. The fraction of sp³-hybridized carbons (Fsp3) is 0.550. The van der Waals surface area contributed by atoms with Crippen molar-refractivity contribution in [3.8, 4) is 0 Å². The van der Waals surface area contributed by atoms with E-state index in [2.05, 4.69) is 31.2 Å². The fourth-order valence-electron chi connectivity index (χ4n) is 3.10. The van der Waals surface area contributed by atoms with E-state index in [0.717, 1.165) is 25.7 Å². The second-order valence-corrected chi connectivity index (χ2v) is 7.17. The van der Waals surface area contributed by atoms with Crippen molar-refractivity contribution in [3.63, 3.8) is 0 Å². The number of amides is 1. The van der Waals surface area contributed by atoms with Crippen molar-refractivity contribution >= 4 is 29.1 Å². The molecule has 27 heavy (non-hydrogen) atoms. The Bertz CT molecular complexity index is 804. The van der Waals surface area contributed by atoms with E-state index in [0.29, 0.717) is 35.5 Å². The highest BCUT2D eigenvalue weighted by Gasteiger charge is 2.19. The largest absolute Gasteiger partial charge is 0.347 e. The van der Waals surface area contributed by atoms with Crippen molar-refractivity contribution in [2.45, 2.75) is 59.0 Å². The lowest BCUT2D eigenvalue weighted by Crippen LogP contribution is -2.42. The molecule has 0 radical (unpaired) electrons. The van der Waals surface area contributed by atoms with Crippen molar-refractivity contribution in [3.05, 3.63) is 40.3 Å². The molecule has 0 bridgehead atoms. The first kappa shape index (κ1) is 23.1. The first-order valence-corrected chi connectivity index (χ1v) is 9.48. The Kier molecular flexibility index (Phi) is 9.46. The van der Waals surface area contributed by atoms with Crippen molar-refractivity contribution in [2.24, 2.45) is 11.7 Å². The van der Waals surface area contributed by atoms with E-state index >= 15 is 0 Å². The number of aryl methyl sites for hydroxylation is 1. The topological polar surface area (TPSA) is 90.0 Å². The SMILES string of the molecule is CCCCCn1nc(C(=O)NC(CN)CC(C)C)c2ccccc2c1=O.Cl. The van der Waals surface area contributed by atoms with Crippen molar-refractivity contribution < 1.29 is 4.79 Å². The summed E-state index contributed by atoms with van der Waals surface area (Å²) in [7, 11) is 0. The third-order valence-electron chi connectivity index (χ3n) is 4.43. The minimum Gasteiger partial charge on any atom is -0.347 e. The Labute approximate surface area is 166 Å². The summed E-state index contributed by atoms with van der Waals surface area (Å²) in [5.41, 5.74) is 5.95. The van der Waals surface area contributed by atoms with Crippen molar-refractivity contribution in [1.82, 2.24) is 15.1 Å². The summed E-state index contributed by atoms with van der Waals surface area (Å²) in [6.07, 6.45) is 3.74. The molecular formula is C20H31ClN4O2. The number of carbonyl (C=O) groups excluding carboxylic acids is 1. The third-order valence-corrected chi connectivity index (χ3v) is 4.43. The summed E-state index contributed by atoms with van der Waals surface area (Å²) in [5.74, 6) is 0.151. The van der Waals surface area contributed by atoms with E-state index < -0.39 is 0 Å². The highest BCUT2D eigenvalue weighted by molar-refractivity contribution is 6.04. The number of nitrogens with two attached hydrogens (primary N) is 1. The standard InChI is InChI=1S/C20H30N4O2.ClH/c1-4-5-8-11-24-20(26)17-10-7-6-9-16(17)18(23-24)19(25)22-15(13-21)12-14(2)3;/h6-7,9-10,14-15H,4-5,8,11-13,21H2,1-3H3,(H,22,25);1H. The van der Waals surface area contributed by atoms with Gasteiger partial charge in [0.1, 0.15) is 0 Å². The summed E-state index contributed by atoms with van der Waals surface area (Å²) in [4.78, 5) is 25.5. The van der Waals surface area contributed by atoms with Crippen LogP contribution in [-0.2, 0) is 6.54 Å². The van der Waals surface area contributed by atoms with Gasteiger partial charge in [-0.3, -0.25) is 9.59 Å². The van der Waals surface area contributed by atoms with Crippen LogP contribution in [0.4, 0.5) is 0 Å². The number of rotatable bonds is 9. The Balaban J connectivity index is 0.00000364. The second kappa shape index (κ2) is 11.0. The van der Waals surface area contributed by atoms with E-state index in [-0.39, 0.29) is 29.9 Å². The van der Waals surface area contributed by atoms with E-state index in [1.54, 1.807) is 12.1 Å². The summed E-state index contributed by atoms with van der Waals surface area (Å²) >= 11 is 0. The van der Waals surface area contributed by atoms with E-state index in [9.17, 15) is 9.59 Å². The molecule has 0 aliphatic carbocycles. The fourth-order valence-corrected chi connectivity index (χ4v) is 3.10. The van der Waals surface area contributed by atoms with Crippen LogP contribution in [0.1, 0.15) is 56.9 Å². The monoisotopic (exact) mass is 394 g/mol. The van der Waals surface area contributed by atoms with Gasteiger partial charge >= 0.3 is 0 Å². The van der Waals surface area contributed by atoms with Gasteiger partial charge in [-0.2, -0.15) is 5.10 Å². The van der Waals surface area contributed by atoms with Gasteiger partial charge in [-0.25, -0.2) is 4.68 Å². The molecule has 1 atom stereocenters. The first-order chi connectivity index (χ1) is 12.5. The van der Waals surface area contributed by atoms with E-state index in [1.165, 1.54) is 4.68 Å². The number of carbonyl (C=O) groups is 1. The summed E-state index contributed by atoms with van der Waals surface area (Å²) in [6.45, 7) is 7.19. The number of benzene rings is 1. The molecule has 1 amide bonds. The average molecular weight is 395 g/mol. The van der Waals surface area contributed by atoms with Gasteiger partial charge in [-0.05, 0) is 24.8 Å². The van der Waals surface area contributed by atoms with Crippen LogP contribution in [0.15, 0.2) is 29.1 Å². The Morgan fingerprint density at radius 3 is 2.48 bits per heavy atom. The van der Waals surface area contributed by atoms with Crippen LogP contribution in [0, 0.1) is 5.92 Å². The molecule has 2 aromatic rings. The second-order valence-electron chi connectivity index (χ2n) is 7.17. The first-order valence-electron chi connectivity index (χ1n) is 9.48. The van der Waals surface area contributed by atoms with Crippen LogP contribution in [-0.4, -0.2) is 28.3 Å². The molecule has 2 rings (SSSR count). The summed E-state index contributed by atoms with van der Waals surface area (Å²) < 4.78 is 1.42. The lowest BCUT2D eigenvalue weighted by molar-refractivity contribution is 0.0928. The summed E-state index contributed by atoms with van der Waals surface area (Å²) in [6, 6.07) is 7.04. The Morgan fingerprint density at radius 1 is 1.22 bits per heavy atom. The normalized spacial score (nSPS) is 12.0. The number of hydrogen-bond acceptors (Lipinski definition) is 4. The van der Waals surface area contributed by atoms with E-state index in [4.69, 9.17) is 5.73 Å². The van der Waals surface area contributed by atoms with Crippen molar-refractivity contribution in [2.75, 3.05) is 6.54 Å². The Morgan fingerprint density at radius 2 is 1.89 bits per heavy atom. The molecule has 1 aromatic heterocycles. The van der Waals surface area contributed by atoms with Crippen LogP contribution in [0.2, 0.25) is 0 Å². The van der Waals surface area contributed by atoms with Crippen LogP contribution in [0.25, 0.3) is 10.8 Å². The van der Waals surface area contributed by atoms with Gasteiger partial charge in [-0.1, -0.05) is 51.8 Å². The van der Waals surface area contributed by atoms with Gasteiger partial charge in [0.05, 0.1) is 5.39 Å². The number of fused-ring (bicyclic) bond motifs is 1. The molecule has 7 heteroatoms. The zero-order valence-electron chi connectivity index (χ0n) is 16.4. The number of nitrogens with one attached hydrogen (secondary N) is 1. The minimum atomic E-state index is -0.276. The maximum Gasteiger partial charge on any atom is 0.274 e. The zero-order valence-corrected chi connectivity index (χ0v) is 17.2. The molecule has 6 nitrogen and oxygen atoms in total. The molecule has 0 aliphatic heterocycles. The predicted octanol–water partition coefficient (Wildman–Crippen LogP) is 3.11. The quantitative estimate of drug-likeness (QED) is 0.639. The van der Waals surface area contributed by atoms with Gasteiger partial charge in [0.2, 0.25) is 0 Å². The van der Waals surface area contributed by atoms with Gasteiger partial charge in [0, 0.05) is 24.5 Å². The van der Waals surface area contributed by atoms with Gasteiger partial charge in [0.25, 0.3) is 11.5 Å². The smallest absolute Gasteiger partial charge is 0.274 e. The summed E-state index contributed by atoms with van der Waals surface area (Å²) in [5, 5.41) is 8.48. The number of nitrogens with zero attached hydrogens (tertiary/aromatic N) is 2. The molecule has 1 heterocycles. The van der Waals surface area contributed by atoms with Crippen molar-refractivity contribution in [1.29, 1.82) is 0 Å². The molecule has 0 aliphatic rings. The third kappa shape index (κ3) is 6.04. The van der Waals surface area contributed by atoms with Crippen LogP contribution in [0.5, 0.6) is 0 Å². The highest BCUT2D eigenvalue weighted by Crippen LogP contribution is 2.14. The molecule has 0 spiro atoms. The molecule has 1 aromatic carbocycles. The molecule has 0 saturated heterocycles. The average Bonchev–Trinajstić information content (AvgIpc) is 2.62. The molecule has 3 N–H and O–H groups in total. The molecular weight excluding hydrogens is 364 g/mol. The zero-order chi connectivity index (χ0) is 19.1. The predicted molar refractivity (Wildman–Crippen MR) is 113 cm³/mol. The van der Waals surface area contributed by atoms with Crippen LogP contribution in [0.3, 0.4) is 0 Å². The highest BCUT2D eigenvalue weighted by atomic mass is 35.5. The maximum absolute atomic E-state index is 12.9. The van der Waals surface area contributed by atoms with Crippen LogP contribution < -0.4 is 16.6 Å². The number of unbranched alkanes of at least 4 members (excludes halogenated alkanes) is 2. The van der Waals surface area contributed by atoms with Gasteiger partial charge in [0.15, 0.2) is 5.69 Å². The van der Waals surface area contributed by atoms with Gasteiger partial charge in [-0.15, -0.1) is 12.4 Å². The van der Waals surface area contributed by atoms with Gasteiger partial charge < -0.3 is 11.1 Å². The molecule has 150 valence electrons. The van der Waals surface area contributed by atoms with Crippen LogP contribution >= 0.6 is 12.4 Å². The number of aromatic nitrogens is 2. The number of hydrogen-bond donors (Lipinski definition) is 2. The molecule has 1 unspecified atom stereocenters. The van der Waals surface area contributed by atoms with E-state index in [1.807, 2.05) is 12.1 Å². The molecule has 0 fully saturated rings. The lowest BCUT2D eigenvalue weighted by atomic mass is 10.0. The Hall–Kier alpha value is -1.92. The molecule has 0 saturated carbocycles. The lowest BCUT2D eigenvalue weighted by Gasteiger charge is -2.19. The minimum absolute atomic E-state index is 0. The maximum atomic E-state index is 12.9.